The Kier molecular flexibility index (Phi) is 5.79. The van der Waals surface area contributed by atoms with E-state index in [9.17, 15) is 9.59 Å². The van der Waals surface area contributed by atoms with Crippen LogP contribution in [0.25, 0.3) is 0 Å². The molecule has 1 unspecified atom stereocenters. The Morgan fingerprint density at radius 1 is 1.10 bits per heavy atom. The highest BCUT2D eigenvalue weighted by Gasteiger charge is 2.30. The van der Waals surface area contributed by atoms with E-state index < -0.39 is 0 Å². The van der Waals surface area contributed by atoms with Crippen LogP contribution in [0.5, 0.6) is 0 Å². The molecule has 1 atom stereocenters. The van der Waals surface area contributed by atoms with Gasteiger partial charge in [0, 0.05) is 52.7 Å². The maximum Gasteiger partial charge on any atom is 0.227 e. The van der Waals surface area contributed by atoms with E-state index in [0.29, 0.717) is 6.54 Å². The minimum absolute atomic E-state index is 0.00592. The molecular formula is C16H27N3O2. The average molecular weight is 293 g/mol. The van der Waals surface area contributed by atoms with Crippen LogP contribution in [-0.2, 0) is 9.59 Å². The third kappa shape index (κ3) is 4.30. The van der Waals surface area contributed by atoms with Gasteiger partial charge in [0.15, 0.2) is 0 Å². The molecule has 0 aromatic carbocycles. The summed E-state index contributed by atoms with van der Waals surface area (Å²) in [5, 5.41) is 0. The molecule has 2 saturated heterocycles. The molecule has 0 spiro atoms. The lowest BCUT2D eigenvalue weighted by atomic mass is 9.96. The summed E-state index contributed by atoms with van der Waals surface area (Å²) in [6, 6.07) is 0. The van der Waals surface area contributed by atoms with Crippen LogP contribution in [-0.4, -0.2) is 72.3 Å². The van der Waals surface area contributed by atoms with Gasteiger partial charge in [-0.25, -0.2) is 0 Å². The van der Waals surface area contributed by atoms with Crippen LogP contribution in [0.4, 0.5) is 0 Å². The second-order valence-corrected chi connectivity index (χ2v) is 6.07. The average Bonchev–Trinajstić information content (AvgIpc) is 2.73. The van der Waals surface area contributed by atoms with Crippen molar-refractivity contribution in [2.45, 2.75) is 26.2 Å². The van der Waals surface area contributed by atoms with Crippen molar-refractivity contribution < 1.29 is 9.59 Å². The van der Waals surface area contributed by atoms with Gasteiger partial charge >= 0.3 is 0 Å². The normalized spacial score (nSPS) is 24.5. The van der Waals surface area contributed by atoms with Crippen LogP contribution in [0.1, 0.15) is 26.2 Å². The summed E-state index contributed by atoms with van der Waals surface area (Å²) in [4.78, 5) is 30.3. The third-order valence-corrected chi connectivity index (χ3v) is 4.50. The van der Waals surface area contributed by atoms with Crippen LogP contribution >= 0.6 is 0 Å². The highest BCUT2D eigenvalue weighted by atomic mass is 16.2. The topological polar surface area (TPSA) is 43.9 Å². The summed E-state index contributed by atoms with van der Waals surface area (Å²) in [5.74, 6) is 0.315. The lowest BCUT2D eigenvalue weighted by molar-refractivity contribution is -0.140. The summed E-state index contributed by atoms with van der Waals surface area (Å²) >= 11 is 0. The number of amides is 2. The highest BCUT2D eigenvalue weighted by Crippen LogP contribution is 2.20. The first kappa shape index (κ1) is 16.0. The highest BCUT2D eigenvalue weighted by molar-refractivity contribution is 5.80. The zero-order valence-electron chi connectivity index (χ0n) is 13.1. The zero-order chi connectivity index (χ0) is 15.2. The van der Waals surface area contributed by atoms with Crippen molar-refractivity contribution in [3.8, 4) is 0 Å². The minimum atomic E-state index is -0.00592. The Hall–Kier alpha value is -1.36. The summed E-state index contributed by atoms with van der Waals surface area (Å²) < 4.78 is 0. The molecule has 0 aliphatic carbocycles. The molecule has 2 aliphatic rings. The van der Waals surface area contributed by atoms with E-state index >= 15 is 0 Å². The smallest absolute Gasteiger partial charge is 0.227 e. The molecule has 2 aliphatic heterocycles. The van der Waals surface area contributed by atoms with Gasteiger partial charge in [0.25, 0.3) is 0 Å². The van der Waals surface area contributed by atoms with E-state index in [1.807, 2.05) is 15.9 Å². The molecule has 5 heteroatoms. The van der Waals surface area contributed by atoms with Gasteiger partial charge in [-0.1, -0.05) is 6.08 Å². The minimum Gasteiger partial charge on any atom is -0.342 e. The van der Waals surface area contributed by atoms with Gasteiger partial charge in [0.1, 0.15) is 0 Å². The maximum atomic E-state index is 12.7. The summed E-state index contributed by atoms with van der Waals surface area (Å²) in [5.41, 5.74) is 0. The fourth-order valence-corrected chi connectivity index (χ4v) is 3.28. The number of hydrogen-bond donors (Lipinski definition) is 0. The largest absolute Gasteiger partial charge is 0.342 e. The molecule has 2 fully saturated rings. The van der Waals surface area contributed by atoms with Crippen LogP contribution in [0, 0.1) is 5.92 Å². The molecule has 0 aromatic rings. The van der Waals surface area contributed by atoms with Crippen molar-refractivity contribution in [1.29, 1.82) is 0 Å². The Morgan fingerprint density at radius 3 is 2.57 bits per heavy atom. The number of hydrogen-bond acceptors (Lipinski definition) is 3. The van der Waals surface area contributed by atoms with Crippen LogP contribution in [0.2, 0.25) is 0 Å². The molecule has 0 bridgehead atoms. The lowest BCUT2D eigenvalue weighted by Gasteiger charge is -2.34. The van der Waals surface area contributed by atoms with Crippen molar-refractivity contribution in [3.63, 3.8) is 0 Å². The van der Waals surface area contributed by atoms with Gasteiger partial charge in [-0.05, 0) is 19.3 Å². The van der Waals surface area contributed by atoms with Gasteiger partial charge in [-0.15, -0.1) is 6.58 Å². The molecule has 21 heavy (non-hydrogen) atoms. The Balaban J connectivity index is 1.90. The number of carbonyl (C=O) groups excluding carboxylic acids is 2. The van der Waals surface area contributed by atoms with Crippen LogP contribution in [0.15, 0.2) is 12.7 Å². The predicted octanol–water partition coefficient (Wildman–Crippen LogP) is 0.965. The van der Waals surface area contributed by atoms with E-state index in [-0.39, 0.29) is 17.7 Å². The summed E-state index contributed by atoms with van der Waals surface area (Å²) in [7, 11) is 0. The van der Waals surface area contributed by atoms with E-state index in [0.717, 1.165) is 58.5 Å². The van der Waals surface area contributed by atoms with Gasteiger partial charge in [-0.3, -0.25) is 14.5 Å². The summed E-state index contributed by atoms with van der Waals surface area (Å²) in [6.07, 6.45) is 4.79. The maximum absolute atomic E-state index is 12.7. The van der Waals surface area contributed by atoms with Crippen molar-refractivity contribution >= 4 is 11.8 Å². The number of likely N-dealkylation sites (tertiary alicyclic amines) is 1. The molecule has 0 saturated carbocycles. The molecular weight excluding hydrogens is 266 g/mol. The molecule has 0 aromatic heterocycles. The van der Waals surface area contributed by atoms with Gasteiger partial charge < -0.3 is 9.80 Å². The van der Waals surface area contributed by atoms with E-state index in [2.05, 4.69) is 11.5 Å². The Bertz CT molecular complexity index is 397. The first-order chi connectivity index (χ1) is 10.1. The van der Waals surface area contributed by atoms with Crippen molar-refractivity contribution in [2.24, 2.45) is 5.92 Å². The third-order valence-electron chi connectivity index (χ3n) is 4.50. The van der Waals surface area contributed by atoms with E-state index in [4.69, 9.17) is 0 Å². The van der Waals surface area contributed by atoms with Gasteiger partial charge in [0.2, 0.25) is 11.8 Å². The number of piperidine rings is 1. The summed E-state index contributed by atoms with van der Waals surface area (Å²) in [6.45, 7) is 11.2. The van der Waals surface area contributed by atoms with Crippen molar-refractivity contribution in [2.75, 3.05) is 45.8 Å². The van der Waals surface area contributed by atoms with E-state index in [1.54, 1.807) is 6.92 Å². The first-order valence-electron chi connectivity index (χ1n) is 7.99. The number of carbonyl (C=O) groups is 2. The number of nitrogens with zero attached hydrogens (tertiary/aromatic N) is 3. The molecule has 0 N–H and O–H groups in total. The van der Waals surface area contributed by atoms with E-state index in [1.165, 1.54) is 0 Å². The van der Waals surface area contributed by atoms with Crippen molar-refractivity contribution in [1.82, 2.24) is 14.7 Å². The lowest BCUT2D eigenvalue weighted by Crippen LogP contribution is -2.47. The molecule has 5 nitrogen and oxygen atoms in total. The zero-order valence-corrected chi connectivity index (χ0v) is 13.1. The van der Waals surface area contributed by atoms with Crippen molar-refractivity contribution in [3.05, 3.63) is 12.7 Å². The van der Waals surface area contributed by atoms with Crippen LogP contribution < -0.4 is 0 Å². The molecule has 2 heterocycles. The monoisotopic (exact) mass is 293 g/mol. The quantitative estimate of drug-likeness (QED) is 0.728. The Morgan fingerprint density at radius 2 is 1.86 bits per heavy atom. The second-order valence-electron chi connectivity index (χ2n) is 6.07. The van der Waals surface area contributed by atoms with Gasteiger partial charge in [-0.2, -0.15) is 0 Å². The fraction of sp³-hybridized carbons (Fsp3) is 0.750. The molecule has 118 valence electrons. The number of rotatable bonds is 3. The second kappa shape index (κ2) is 7.59. The SMILES string of the molecule is C=CCN1CCCN(C(=O)C2CCCN(C(C)=O)C2)CC1. The van der Waals surface area contributed by atoms with Crippen LogP contribution in [0.3, 0.4) is 0 Å². The fourth-order valence-electron chi connectivity index (χ4n) is 3.28. The predicted molar refractivity (Wildman–Crippen MR) is 82.8 cm³/mol. The first-order valence-corrected chi connectivity index (χ1v) is 7.99. The standard InChI is InChI=1S/C16H27N3O2/c1-3-7-17-8-5-10-18(12-11-17)16(21)15-6-4-9-19(13-15)14(2)20/h3,15H,1,4-13H2,2H3. The van der Waals surface area contributed by atoms with Gasteiger partial charge in [0.05, 0.1) is 5.92 Å². The molecule has 0 radical (unpaired) electrons. The molecule has 2 rings (SSSR count). The molecule has 2 amide bonds. The Labute approximate surface area is 127 Å².